The minimum atomic E-state index is 0.392. The topological polar surface area (TPSA) is 9.23 Å². The van der Waals surface area contributed by atoms with E-state index in [0.29, 0.717) is 24.0 Å². The predicted octanol–water partition coefficient (Wildman–Crippen LogP) is 3.65. The first-order valence-corrected chi connectivity index (χ1v) is 5.88. The Bertz CT molecular complexity index is 186. The molecule has 5 unspecified atom stereocenters. The molecule has 82 valence electrons. The van der Waals surface area contributed by atoms with Crippen molar-refractivity contribution in [2.24, 2.45) is 17.8 Å². The van der Waals surface area contributed by atoms with E-state index in [1.54, 1.807) is 0 Å². The fourth-order valence-electron chi connectivity index (χ4n) is 2.53. The van der Waals surface area contributed by atoms with Crippen molar-refractivity contribution < 1.29 is 4.74 Å². The molecule has 0 aromatic rings. The third-order valence-electron chi connectivity index (χ3n) is 3.98. The molecule has 1 saturated heterocycles. The van der Waals surface area contributed by atoms with Crippen LogP contribution in [0.2, 0.25) is 0 Å². The highest BCUT2D eigenvalue weighted by molar-refractivity contribution is 4.88. The van der Waals surface area contributed by atoms with E-state index in [1.165, 1.54) is 0 Å². The summed E-state index contributed by atoms with van der Waals surface area (Å²) in [6.45, 7) is 13.0. The maximum absolute atomic E-state index is 6.10. The van der Waals surface area contributed by atoms with Crippen LogP contribution in [0.3, 0.4) is 0 Å². The van der Waals surface area contributed by atoms with Gasteiger partial charge in [0.25, 0.3) is 0 Å². The van der Waals surface area contributed by atoms with Crippen LogP contribution in [0.5, 0.6) is 0 Å². The second kappa shape index (κ2) is 4.97. The standard InChI is InChI=1S/C13H24O/c1-6-8-13-11(5)9(3)10(4)12(7-2)14-13/h6,9-13H,1,7-8H2,2-5H3. The number of ether oxygens (including phenoxy) is 1. The fraction of sp³-hybridized carbons (Fsp3) is 0.846. The van der Waals surface area contributed by atoms with Gasteiger partial charge in [-0.25, -0.2) is 0 Å². The van der Waals surface area contributed by atoms with Crippen LogP contribution in [-0.4, -0.2) is 12.2 Å². The van der Waals surface area contributed by atoms with Crippen molar-refractivity contribution in [2.45, 2.75) is 52.7 Å². The maximum Gasteiger partial charge on any atom is 0.0641 e. The second-order valence-electron chi connectivity index (χ2n) is 4.72. The molecule has 1 heteroatoms. The van der Waals surface area contributed by atoms with Crippen molar-refractivity contribution in [1.82, 2.24) is 0 Å². The smallest absolute Gasteiger partial charge is 0.0641 e. The van der Waals surface area contributed by atoms with Crippen LogP contribution in [0, 0.1) is 17.8 Å². The van der Waals surface area contributed by atoms with Crippen LogP contribution in [0.1, 0.15) is 40.5 Å². The van der Waals surface area contributed by atoms with Gasteiger partial charge in [-0.05, 0) is 30.6 Å². The van der Waals surface area contributed by atoms with E-state index < -0.39 is 0 Å². The highest BCUT2D eigenvalue weighted by atomic mass is 16.5. The van der Waals surface area contributed by atoms with Gasteiger partial charge in [0.15, 0.2) is 0 Å². The monoisotopic (exact) mass is 196 g/mol. The molecule has 1 aliphatic rings. The normalized spacial score (nSPS) is 43.6. The Morgan fingerprint density at radius 1 is 1.07 bits per heavy atom. The summed E-state index contributed by atoms with van der Waals surface area (Å²) in [6, 6.07) is 0. The zero-order chi connectivity index (χ0) is 10.7. The molecule has 5 atom stereocenters. The molecule has 0 aromatic carbocycles. The quantitative estimate of drug-likeness (QED) is 0.626. The van der Waals surface area contributed by atoms with Gasteiger partial charge in [0.1, 0.15) is 0 Å². The van der Waals surface area contributed by atoms with Crippen LogP contribution in [0.25, 0.3) is 0 Å². The Balaban J connectivity index is 2.67. The molecule has 0 spiro atoms. The molecule has 1 nitrogen and oxygen atoms in total. The summed E-state index contributed by atoms with van der Waals surface area (Å²) >= 11 is 0. The molecular formula is C13H24O. The zero-order valence-corrected chi connectivity index (χ0v) is 9.99. The van der Waals surface area contributed by atoms with Gasteiger partial charge < -0.3 is 4.74 Å². The lowest BCUT2D eigenvalue weighted by Crippen LogP contribution is -2.44. The first-order valence-electron chi connectivity index (χ1n) is 5.88. The minimum Gasteiger partial charge on any atom is -0.374 e. The number of hydrogen-bond donors (Lipinski definition) is 0. The first kappa shape index (κ1) is 11.8. The van der Waals surface area contributed by atoms with E-state index in [0.717, 1.165) is 18.8 Å². The maximum atomic E-state index is 6.10. The summed E-state index contributed by atoms with van der Waals surface area (Å²) in [5, 5.41) is 0. The van der Waals surface area contributed by atoms with Crippen LogP contribution in [-0.2, 0) is 4.74 Å². The molecule has 0 amide bonds. The Morgan fingerprint density at radius 2 is 1.64 bits per heavy atom. The Kier molecular flexibility index (Phi) is 4.18. The molecule has 0 aromatic heterocycles. The summed E-state index contributed by atoms with van der Waals surface area (Å²) in [6.07, 6.45) is 4.95. The molecule has 1 rings (SSSR count). The second-order valence-corrected chi connectivity index (χ2v) is 4.72. The van der Waals surface area contributed by atoms with Gasteiger partial charge in [-0.15, -0.1) is 6.58 Å². The van der Waals surface area contributed by atoms with E-state index in [1.807, 2.05) is 6.08 Å². The first-order chi connectivity index (χ1) is 6.61. The summed E-state index contributed by atoms with van der Waals surface area (Å²) in [4.78, 5) is 0. The highest BCUT2D eigenvalue weighted by Gasteiger charge is 2.37. The molecule has 0 saturated carbocycles. The van der Waals surface area contributed by atoms with Crippen molar-refractivity contribution in [3.05, 3.63) is 12.7 Å². The van der Waals surface area contributed by atoms with Crippen LogP contribution in [0.15, 0.2) is 12.7 Å². The molecule has 0 radical (unpaired) electrons. The summed E-state index contributed by atoms with van der Waals surface area (Å²) in [5.41, 5.74) is 0. The molecule has 1 fully saturated rings. The lowest BCUT2D eigenvalue weighted by Gasteiger charge is -2.43. The van der Waals surface area contributed by atoms with E-state index in [9.17, 15) is 0 Å². The third-order valence-corrected chi connectivity index (χ3v) is 3.98. The summed E-state index contributed by atoms with van der Waals surface area (Å²) in [7, 11) is 0. The lowest BCUT2D eigenvalue weighted by molar-refractivity contribution is -0.131. The third kappa shape index (κ3) is 2.20. The van der Waals surface area contributed by atoms with Gasteiger partial charge in [-0.2, -0.15) is 0 Å². The molecule has 1 heterocycles. The molecule has 1 aliphatic heterocycles. The average molecular weight is 196 g/mol. The van der Waals surface area contributed by atoms with Crippen LogP contribution >= 0.6 is 0 Å². The van der Waals surface area contributed by atoms with E-state index in [2.05, 4.69) is 34.3 Å². The van der Waals surface area contributed by atoms with Crippen molar-refractivity contribution in [3.8, 4) is 0 Å². The fourth-order valence-corrected chi connectivity index (χ4v) is 2.53. The Labute approximate surface area is 88.5 Å². The highest BCUT2D eigenvalue weighted by Crippen LogP contribution is 2.37. The van der Waals surface area contributed by atoms with E-state index in [4.69, 9.17) is 4.74 Å². The van der Waals surface area contributed by atoms with Gasteiger partial charge in [0, 0.05) is 0 Å². The molecule has 0 N–H and O–H groups in total. The number of rotatable bonds is 3. The van der Waals surface area contributed by atoms with Crippen molar-refractivity contribution in [1.29, 1.82) is 0 Å². The molecule has 0 aliphatic carbocycles. The predicted molar refractivity (Wildman–Crippen MR) is 61.3 cm³/mol. The number of hydrogen-bond acceptors (Lipinski definition) is 1. The van der Waals surface area contributed by atoms with Gasteiger partial charge >= 0.3 is 0 Å². The van der Waals surface area contributed by atoms with Crippen molar-refractivity contribution in [2.75, 3.05) is 0 Å². The van der Waals surface area contributed by atoms with Gasteiger partial charge in [-0.3, -0.25) is 0 Å². The molecule has 0 bridgehead atoms. The largest absolute Gasteiger partial charge is 0.374 e. The van der Waals surface area contributed by atoms with Gasteiger partial charge in [-0.1, -0.05) is 33.8 Å². The minimum absolute atomic E-state index is 0.392. The van der Waals surface area contributed by atoms with Crippen molar-refractivity contribution in [3.63, 3.8) is 0 Å². The van der Waals surface area contributed by atoms with E-state index in [-0.39, 0.29) is 0 Å². The summed E-state index contributed by atoms with van der Waals surface area (Å²) in [5.74, 6) is 2.11. The Morgan fingerprint density at radius 3 is 2.14 bits per heavy atom. The average Bonchev–Trinajstić information content (AvgIpc) is 2.19. The molecular weight excluding hydrogens is 172 g/mol. The van der Waals surface area contributed by atoms with Gasteiger partial charge in [0.2, 0.25) is 0 Å². The van der Waals surface area contributed by atoms with Crippen LogP contribution < -0.4 is 0 Å². The van der Waals surface area contributed by atoms with Crippen molar-refractivity contribution >= 4 is 0 Å². The summed E-state index contributed by atoms with van der Waals surface area (Å²) < 4.78 is 6.10. The van der Waals surface area contributed by atoms with E-state index >= 15 is 0 Å². The van der Waals surface area contributed by atoms with Gasteiger partial charge in [0.05, 0.1) is 12.2 Å². The lowest BCUT2D eigenvalue weighted by atomic mass is 9.75. The zero-order valence-electron chi connectivity index (χ0n) is 9.99. The van der Waals surface area contributed by atoms with Crippen LogP contribution in [0.4, 0.5) is 0 Å². The SMILES string of the molecule is C=CCC1OC(CC)C(C)C(C)C1C. The molecule has 14 heavy (non-hydrogen) atoms. The Hall–Kier alpha value is -0.300.